The van der Waals surface area contributed by atoms with Crippen LogP contribution in [0.25, 0.3) is 27.8 Å². The van der Waals surface area contributed by atoms with E-state index >= 15 is 0 Å². The molecule has 5 heterocycles. The molecule has 6 rings (SSSR count). The molecule has 0 unspecified atom stereocenters. The summed E-state index contributed by atoms with van der Waals surface area (Å²) in [5.74, 6) is 0.592. The SMILES string of the molecule is COc1nc(N[C@H]2CC[C@]3(CCO3)CC2)nc2[nH]cc(-c3cc(F)c4nccn4c3)c12. The summed E-state index contributed by atoms with van der Waals surface area (Å²) in [4.78, 5) is 16.5. The number of nitrogens with zero attached hydrogens (tertiary/aromatic N) is 4. The van der Waals surface area contributed by atoms with Crippen molar-refractivity contribution in [1.29, 1.82) is 0 Å². The molecule has 4 aromatic rings. The van der Waals surface area contributed by atoms with E-state index < -0.39 is 0 Å². The van der Waals surface area contributed by atoms with Crippen LogP contribution in [0.15, 0.2) is 30.9 Å². The van der Waals surface area contributed by atoms with Crippen molar-refractivity contribution < 1.29 is 13.9 Å². The number of aromatic amines is 1. The van der Waals surface area contributed by atoms with Gasteiger partial charge < -0.3 is 24.2 Å². The zero-order valence-corrected chi connectivity index (χ0v) is 17.2. The Bertz CT molecular complexity index is 1270. The van der Waals surface area contributed by atoms with Crippen molar-refractivity contribution in [3.63, 3.8) is 0 Å². The predicted molar refractivity (Wildman–Crippen MR) is 114 cm³/mol. The van der Waals surface area contributed by atoms with Gasteiger partial charge in [-0.2, -0.15) is 9.97 Å². The Labute approximate surface area is 177 Å². The van der Waals surface area contributed by atoms with Crippen molar-refractivity contribution in [3.8, 4) is 17.0 Å². The average Bonchev–Trinajstić information content (AvgIpc) is 3.40. The first-order chi connectivity index (χ1) is 15.1. The third kappa shape index (κ3) is 3.03. The maximum Gasteiger partial charge on any atom is 0.228 e. The van der Waals surface area contributed by atoms with Crippen LogP contribution in [0.5, 0.6) is 5.88 Å². The first kappa shape index (κ1) is 18.6. The standard InChI is InChI=1S/C22H23FN6O2/c1-30-20-17-15(13-10-16(23)19-24-7-8-29(19)12-13)11-25-18(17)27-21(28-20)26-14-2-4-22(5-3-14)6-9-31-22/h7-8,10-12,14H,2-6,9H2,1H3,(H2,25,26,27,28)/t14-,22+. The van der Waals surface area contributed by atoms with Crippen LogP contribution in [0, 0.1) is 5.82 Å². The molecule has 2 aliphatic rings. The molecule has 160 valence electrons. The van der Waals surface area contributed by atoms with Crippen LogP contribution in [0.1, 0.15) is 32.1 Å². The normalized spacial score (nSPS) is 23.4. The number of fused-ring (bicyclic) bond motifs is 2. The number of hydrogen-bond donors (Lipinski definition) is 2. The fourth-order valence-corrected chi connectivity index (χ4v) is 4.83. The van der Waals surface area contributed by atoms with Gasteiger partial charge in [-0.3, -0.25) is 0 Å². The summed E-state index contributed by atoms with van der Waals surface area (Å²) in [5.41, 5.74) is 2.52. The molecule has 31 heavy (non-hydrogen) atoms. The minimum atomic E-state index is -0.388. The van der Waals surface area contributed by atoms with E-state index in [2.05, 4.69) is 25.3 Å². The lowest BCUT2D eigenvalue weighted by molar-refractivity contribution is -0.165. The Kier molecular flexibility index (Phi) is 4.14. The Hall–Kier alpha value is -3.20. The summed E-state index contributed by atoms with van der Waals surface area (Å²) >= 11 is 0. The van der Waals surface area contributed by atoms with E-state index in [9.17, 15) is 4.39 Å². The number of imidazole rings is 1. The van der Waals surface area contributed by atoms with E-state index in [1.165, 1.54) is 12.5 Å². The summed E-state index contributed by atoms with van der Waals surface area (Å²) in [6.07, 6.45) is 12.3. The van der Waals surface area contributed by atoms with Crippen LogP contribution in [0.2, 0.25) is 0 Å². The molecule has 0 amide bonds. The van der Waals surface area contributed by atoms with Gasteiger partial charge in [0.2, 0.25) is 11.8 Å². The first-order valence-electron chi connectivity index (χ1n) is 10.6. The maximum atomic E-state index is 14.5. The van der Waals surface area contributed by atoms with Crippen LogP contribution < -0.4 is 10.1 Å². The van der Waals surface area contributed by atoms with Gasteiger partial charge in [-0.05, 0) is 38.2 Å². The van der Waals surface area contributed by atoms with E-state index in [-0.39, 0.29) is 11.4 Å². The van der Waals surface area contributed by atoms with Crippen LogP contribution in [0.3, 0.4) is 0 Å². The van der Waals surface area contributed by atoms with Gasteiger partial charge in [0.15, 0.2) is 11.5 Å². The van der Waals surface area contributed by atoms with Crippen LogP contribution in [-0.4, -0.2) is 49.7 Å². The van der Waals surface area contributed by atoms with Crippen molar-refractivity contribution in [2.24, 2.45) is 0 Å². The van der Waals surface area contributed by atoms with E-state index in [0.717, 1.165) is 43.2 Å². The number of hydrogen-bond acceptors (Lipinski definition) is 6. The summed E-state index contributed by atoms with van der Waals surface area (Å²) < 4.78 is 27.6. The number of ether oxygens (including phenoxy) is 2. The second kappa shape index (κ2) is 6.91. The highest BCUT2D eigenvalue weighted by Crippen LogP contribution is 2.41. The highest BCUT2D eigenvalue weighted by atomic mass is 19.1. The third-order valence-corrected chi connectivity index (χ3v) is 6.64. The zero-order chi connectivity index (χ0) is 21.0. The number of H-pyrrole nitrogens is 1. The van der Waals surface area contributed by atoms with Gasteiger partial charge in [0, 0.05) is 42.0 Å². The molecule has 1 saturated carbocycles. The number of anilines is 1. The molecule has 1 aliphatic carbocycles. The highest BCUT2D eigenvalue weighted by molar-refractivity contribution is 5.97. The van der Waals surface area contributed by atoms with Gasteiger partial charge in [0.25, 0.3) is 0 Å². The molecule has 2 fully saturated rings. The minimum absolute atomic E-state index is 0.126. The summed E-state index contributed by atoms with van der Waals surface area (Å²) in [6, 6.07) is 1.78. The lowest BCUT2D eigenvalue weighted by Crippen LogP contribution is -2.48. The molecule has 4 aromatic heterocycles. The van der Waals surface area contributed by atoms with Gasteiger partial charge >= 0.3 is 0 Å². The average molecular weight is 422 g/mol. The number of nitrogens with one attached hydrogen (secondary N) is 2. The lowest BCUT2D eigenvalue weighted by atomic mass is 9.77. The Balaban J connectivity index is 1.33. The van der Waals surface area contributed by atoms with Crippen LogP contribution >= 0.6 is 0 Å². The fraction of sp³-hybridized carbons (Fsp3) is 0.409. The monoisotopic (exact) mass is 422 g/mol. The Morgan fingerprint density at radius 1 is 1.29 bits per heavy atom. The summed E-state index contributed by atoms with van der Waals surface area (Å²) in [5, 5.41) is 4.18. The van der Waals surface area contributed by atoms with Gasteiger partial charge in [0.05, 0.1) is 24.7 Å². The minimum Gasteiger partial charge on any atom is -0.480 e. The van der Waals surface area contributed by atoms with E-state index in [1.807, 2.05) is 12.4 Å². The van der Waals surface area contributed by atoms with E-state index in [4.69, 9.17) is 9.47 Å². The summed E-state index contributed by atoms with van der Waals surface area (Å²) in [7, 11) is 1.58. The quantitative estimate of drug-likeness (QED) is 0.518. The van der Waals surface area contributed by atoms with Gasteiger partial charge in [-0.15, -0.1) is 0 Å². The second-order valence-corrected chi connectivity index (χ2v) is 8.42. The van der Waals surface area contributed by atoms with Crippen molar-refractivity contribution in [2.75, 3.05) is 19.0 Å². The second-order valence-electron chi connectivity index (χ2n) is 8.42. The molecule has 0 aromatic carbocycles. The van der Waals surface area contributed by atoms with Crippen LogP contribution in [-0.2, 0) is 4.74 Å². The molecule has 1 spiro atoms. The molecular formula is C22H23FN6O2. The van der Waals surface area contributed by atoms with Crippen molar-refractivity contribution in [3.05, 3.63) is 36.7 Å². The Morgan fingerprint density at radius 3 is 2.87 bits per heavy atom. The molecule has 1 aliphatic heterocycles. The number of aromatic nitrogens is 5. The van der Waals surface area contributed by atoms with Crippen molar-refractivity contribution >= 4 is 22.6 Å². The molecule has 1 saturated heterocycles. The first-order valence-corrected chi connectivity index (χ1v) is 10.6. The number of methoxy groups -OCH3 is 1. The highest BCUT2D eigenvalue weighted by Gasteiger charge is 2.41. The number of halogens is 1. The molecule has 0 bridgehead atoms. The van der Waals surface area contributed by atoms with E-state index in [1.54, 1.807) is 23.9 Å². The fourth-order valence-electron chi connectivity index (χ4n) is 4.83. The van der Waals surface area contributed by atoms with Gasteiger partial charge in [-0.25, -0.2) is 9.37 Å². The molecular weight excluding hydrogens is 399 g/mol. The number of rotatable bonds is 4. The van der Waals surface area contributed by atoms with E-state index in [0.29, 0.717) is 34.7 Å². The largest absolute Gasteiger partial charge is 0.480 e. The van der Waals surface area contributed by atoms with Crippen LogP contribution in [0.4, 0.5) is 10.3 Å². The smallest absolute Gasteiger partial charge is 0.228 e. The Morgan fingerprint density at radius 2 is 2.13 bits per heavy atom. The molecule has 9 heteroatoms. The molecule has 2 N–H and O–H groups in total. The zero-order valence-electron chi connectivity index (χ0n) is 17.2. The van der Waals surface area contributed by atoms with Crippen molar-refractivity contribution in [2.45, 2.75) is 43.7 Å². The molecule has 0 radical (unpaired) electrons. The van der Waals surface area contributed by atoms with Gasteiger partial charge in [0.1, 0.15) is 5.65 Å². The molecule has 0 atom stereocenters. The number of pyridine rings is 1. The third-order valence-electron chi connectivity index (χ3n) is 6.64. The predicted octanol–water partition coefficient (Wildman–Crippen LogP) is 3.93. The topological polar surface area (TPSA) is 89.4 Å². The lowest BCUT2D eigenvalue weighted by Gasteiger charge is -2.46. The molecule has 8 nitrogen and oxygen atoms in total. The maximum absolute atomic E-state index is 14.5. The van der Waals surface area contributed by atoms with Crippen molar-refractivity contribution in [1.82, 2.24) is 24.3 Å². The van der Waals surface area contributed by atoms with Gasteiger partial charge in [-0.1, -0.05) is 0 Å². The summed E-state index contributed by atoms with van der Waals surface area (Å²) in [6.45, 7) is 0.891.